The maximum absolute atomic E-state index is 11.7. The molecule has 0 bridgehead atoms. The van der Waals surface area contributed by atoms with E-state index in [9.17, 15) is 4.79 Å². The number of carbonyl (C=O) groups excluding carboxylic acids is 1. The van der Waals surface area contributed by atoms with Crippen molar-refractivity contribution >= 4 is 21.8 Å². The lowest BCUT2D eigenvalue weighted by molar-refractivity contribution is -0.121. The van der Waals surface area contributed by atoms with Crippen LogP contribution in [0.15, 0.2) is 28.7 Å². The molecule has 1 N–H and O–H groups in total. The van der Waals surface area contributed by atoms with Gasteiger partial charge in [-0.05, 0) is 37.0 Å². The summed E-state index contributed by atoms with van der Waals surface area (Å²) in [7, 11) is 0. The maximum atomic E-state index is 11.7. The van der Waals surface area contributed by atoms with E-state index in [0.29, 0.717) is 19.1 Å². The first-order valence-corrected chi connectivity index (χ1v) is 7.16. The molecule has 0 aliphatic carbocycles. The number of nitrogens with one attached hydrogen (secondary N) is 1. The number of carbonyl (C=O) groups is 1. The van der Waals surface area contributed by atoms with Gasteiger partial charge in [-0.1, -0.05) is 28.1 Å². The minimum atomic E-state index is 0.105. The molecule has 2 rings (SSSR count). The number of hydrogen-bond acceptors (Lipinski definition) is 2. The third-order valence-electron chi connectivity index (χ3n) is 3.12. The van der Waals surface area contributed by atoms with Gasteiger partial charge in [-0.25, -0.2) is 0 Å². The molecule has 1 aliphatic rings. The fourth-order valence-corrected chi connectivity index (χ4v) is 2.32. The topological polar surface area (TPSA) is 38.3 Å². The average molecular weight is 312 g/mol. The van der Waals surface area contributed by atoms with Crippen molar-refractivity contribution in [3.8, 4) is 0 Å². The largest absolute Gasteiger partial charge is 0.378 e. The lowest BCUT2D eigenvalue weighted by Gasteiger charge is -2.09. The third kappa shape index (κ3) is 4.42. The third-order valence-corrected chi connectivity index (χ3v) is 3.65. The van der Waals surface area contributed by atoms with Crippen LogP contribution in [0.2, 0.25) is 0 Å². The molecule has 1 fully saturated rings. The molecule has 1 aromatic carbocycles. The minimum absolute atomic E-state index is 0.105. The van der Waals surface area contributed by atoms with Crippen molar-refractivity contribution in [2.75, 3.05) is 6.61 Å². The SMILES string of the molecule is O=C(CCC1CCCO1)NCc1ccc(Br)cc1. The van der Waals surface area contributed by atoms with Crippen molar-refractivity contribution in [3.05, 3.63) is 34.3 Å². The van der Waals surface area contributed by atoms with Crippen LogP contribution in [-0.4, -0.2) is 18.6 Å². The zero-order valence-corrected chi connectivity index (χ0v) is 11.9. The fraction of sp³-hybridized carbons (Fsp3) is 0.500. The van der Waals surface area contributed by atoms with Crippen molar-refractivity contribution in [1.82, 2.24) is 5.32 Å². The van der Waals surface area contributed by atoms with Crippen LogP contribution in [0.3, 0.4) is 0 Å². The summed E-state index contributed by atoms with van der Waals surface area (Å²) >= 11 is 3.39. The van der Waals surface area contributed by atoms with Crippen LogP contribution < -0.4 is 5.32 Å². The molecule has 1 saturated heterocycles. The first-order chi connectivity index (χ1) is 8.74. The summed E-state index contributed by atoms with van der Waals surface area (Å²) in [5, 5.41) is 2.93. The molecule has 1 unspecified atom stereocenters. The van der Waals surface area contributed by atoms with Gasteiger partial charge < -0.3 is 10.1 Å². The quantitative estimate of drug-likeness (QED) is 0.907. The van der Waals surface area contributed by atoms with Crippen molar-refractivity contribution in [2.24, 2.45) is 0 Å². The Morgan fingerprint density at radius 1 is 1.39 bits per heavy atom. The predicted octanol–water partition coefficient (Wildman–Crippen LogP) is 3.02. The van der Waals surface area contributed by atoms with Crippen molar-refractivity contribution in [3.63, 3.8) is 0 Å². The van der Waals surface area contributed by atoms with Gasteiger partial charge in [0, 0.05) is 24.0 Å². The molecule has 3 nitrogen and oxygen atoms in total. The van der Waals surface area contributed by atoms with Gasteiger partial charge in [-0.2, -0.15) is 0 Å². The number of halogens is 1. The Labute approximate surface area is 116 Å². The Hall–Kier alpha value is -0.870. The first-order valence-electron chi connectivity index (χ1n) is 6.37. The Balaban J connectivity index is 1.66. The molecule has 98 valence electrons. The standard InChI is InChI=1S/C14H18BrNO2/c15-12-5-3-11(4-6-12)10-16-14(17)8-7-13-2-1-9-18-13/h3-6,13H,1-2,7-10H2,(H,16,17). The Morgan fingerprint density at radius 2 is 2.17 bits per heavy atom. The van der Waals surface area contributed by atoms with Gasteiger partial charge in [-0.3, -0.25) is 4.79 Å². The highest BCUT2D eigenvalue weighted by Crippen LogP contribution is 2.16. The second kappa shape index (κ2) is 6.90. The zero-order chi connectivity index (χ0) is 12.8. The highest BCUT2D eigenvalue weighted by molar-refractivity contribution is 9.10. The maximum Gasteiger partial charge on any atom is 0.220 e. The van der Waals surface area contributed by atoms with Crippen LogP contribution in [0.1, 0.15) is 31.2 Å². The number of amides is 1. The van der Waals surface area contributed by atoms with Gasteiger partial charge in [0.15, 0.2) is 0 Å². The summed E-state index contributed by atoms with van der Waals surface area (Å²) in [6.07, 6.45) is 3.92. The minimum Gasteiger partial charge on any atom is -0.378 e. The molecule has 0 aromatic heterocycles. The van der Waals surface area contributed by atoms with E-state index in [0.717, 1.165) is 35.9 Å². The molecular formula is C14H18BrNO2. The van der Waals surface area contributed by atoms with Gasteiger partial charge in [-0.15, -0.1) is 0 Å². The molecule has 1 aliphatic heterocycles. The van der Waals surface area contributed by atoms with E-state index in [1.807, 2.05) is 24.3 Å². The second-order valence-electron chi connectivity index (χ2n) is 4.58. The molecule has 1 amide bonds. The van der Waals surface area contributed by atoms with Gasteiger partial charge in [0.1, 0.15) is 0 Å². The van der Waals surface area contributed by atoms with Gasteiger partial charge in [0.25, 0.3) is 0 Å². The number of ether oxygens (including phenoxy) is 1. The van der Waals surface area contributed by atoms with Crippen LogP contribution in [-0.2, 0) is 16.1 Å². The summed E-state index contributed by atoms with van der Waals surface area (Å²) in [6.45, 7) is 1.45. The van der Waals surface area contributed by atoms with Crippen LogP contribution in [0.5, 0.6) is 0 Å². The molecule has 4 heteroatoms. The highest BCUT2D eigenvalue weighted by atomic mass is 79.9. The summed E-state index contributed by atoms with van der Waals surface area (Å²) < 4.78 is 6.55. The fourth-order valence-electron chi connectivity index (χ4n) is 2.06. The molecule has 0 radical (unpaired) electrons. The number of hydrogen-bond donors (Lipinski definition) is 1. The molecule has 0 saturated carbocycles. The lowest BCUT2D eigenvalue weighted by Crippen LogP contribution is -2.23. The monoisotopic (exact) mass is 311 g/mol. The lowest BCUT2D eigenvalue weighted by atomic mass is 10.1. The van der Waals surface area contributed by atoms with E-state index in [1.165, 1.54) is 0 Å². The van der Waals surface area contributed by atoms with Crippen molar-refractivity contribution < 1.29 is 9.53 Å². The number of benzene rings is 1. The molecule has 18 heavy (non-hydrogen) atoms. The molecule has 0 spiro atoms. The average Bonchev–Trinajstić information content (AvgIpc) is 2.89. The smallest absolute Gasteiger partial charge is 0.220 e. The predicted molar refractivity (Wildman–Crippen MR) is 74.2 cm³/mol. The van der Waals surface area contributed by atoms with E-state index in [2.05, 4.69) is 21.2 Å². The number of rotatable bonds is 5. The van der Waals surface area contributed by atoms with Crippen LogP contribution in [0, 0.1) is 0 Å². The second-order valence-corrected chi connectivity index (χ2v) is 5.49. The van der Waals surface area contributed by atoms with Crippen LogP contribution in [0.4, 0.5) is 0 Å². The van der Waals surface area contributed by atoms with E-state index in [4.69, 9.17) is 4.74 Å². The summed E-state index contributed by atoms with van der Waals surface area (Å²) in [5.74, 6) is 0.105. The molecular weight excluding hydrogens is 294 g/mol. The Morgan fingerprint density at radius 3 is 2.83 bits per heavy atom. The summed E-state index contributed by atoms with van der Waals surface area (Å²) in [5.41, 5.74) is 1.11. The van der Waals surface area contributed by atoms with Gasteiger partial charge in [0.05, 0.1) is 6.10 Å². The van der Waals surface area contributed by atoms with Crippen molar-refractivity contribution in [1.29, 1.82) is 0 Å². The van der Waals surface area contributed by atoms with E-state index in [1.54, 1.807) is 0 Å². The van der Waals surface area contributed by atoms with E-state index < -0.39 is 0 Å². The zero-order valence-electron chi connectivity index (χ0n) is 10.3. The first kappa shape index (κ1) is 13.6. The van der Waals surface area contributed by atoms with Gasteiger partial charge in [0.2, 0.25) is 5.91 Å². The Bertz CT molecular complexity index is 385. The van der Waals surface area contributed by atoms with E-state index in [-0.39, 0.29) is 5.91 Å². The van der Waals surface area contributed by atoms with Crippen LogP contribution in [0.25, 0.3) is 0 Å². The molecule has 1 atom stereocenters. The summed E-state index contributed by atoms with van der Waals surface area (Å²) in [4.78, 5) is 11.7. The van der Waals surface area contributed by atoms with E-state index >= 15 is 0 Å². The summed E-state index contributed by atoms with van der Waals surface area (Å²) in [6, 6.07) is 7.97. The van der Waals surface area contributed by atoms with Crippen molar-refractivity contribution in [2.45, 2.75) is 38.3 Å². The molecule has 1 aromatic rings. The Kier molecular flexibility index (Phi) is 5.20. The van der Waals surface area contributed by atoms with Gasteiger partial charge >= 0.3 is 0 Å². The normalized spacial score (nSPS) is 18.8. The van der Waals surface area contributed by atoms with Crippen LogP contribution >= 0.6 is 15.9 Å². The molecule has 1 heterocycles. The highest BCUT2D eigenvalue weighted by Gasteiger charge is 2.16.